The van der Waals surface area contributed by atoms with Crippen LogP contribution in [0.1, 0.15) is 33.1 Å². The van der Waals surface area contributed by atoms with Gasteiger partial charge in [-0.15, -0.1) is 0 Å². The highest BCUT2D eigenvalue weighted by atomic mass is 14.0. The molecule has 0 aliphatic heterocycles. The SMILES string of the molecule is CC(C)=C/C=C/C1=CCCC1. The summed E-state index contributed by atoms with van der Waals surface area (Å²) in [4.78, 5) is 0. The third kappa shape index (κ3) is 3.22. The van der Waals surface area contributed by atoms with Crippen molar-refractivity contribution in [1.82, 2.24) is 0 Å². The van der Waals surface area contributed by atoms with Crippen molar-refractivity contribution >= 4 is 0 Å². The fraction of sp³-hybridized carbons (Fsp3) is 0.455. The minimum absolute atomic E-state index is 1.27. The average molecular weight is 148 g/mol. The van der Waals surface area contributed by atoms with Crippen molar-refractivity contribution in [3.63, 3.8) is 0 Å². The van der Waals surface area contributed by atoms with Crippen LogP contribution in [-0.2, 0) is 0 Å². The zero-order valence-electron chi connectivity index (χ0n) is 7.43. The molecule has 0 aromatic rings. The van der Waals surface area contributed by atoms with Crippen LogP contribution in [0.4, 0.5) is 0 Å². The summed E-state index contributed by atoms with van der Waals surface area (Å²) in [6.07, 6.45) is 12.7. The normalized spacial score (nSPS) is 17.1. The molecule has 0 amide bonds. The Bertz CT molecular complexity index is 200. The molecular formula is C11H16. The van der Waals surface area contributed by atoms with Crippen molar-refractivity contribution in [3.8, 4) is 0 Å². The highest BCUT2D eigenvalue weighted by molar-refractivity contribution is 5.25. The van der Waals surface area contributed by atoms with E-state index in [1.165, 1.54) is 30.4 Å². The summed E-state index contributed by atoms with van der Waals surface area (Å²) in [7, 11) is 0. The molecule has 1 aliphatic carbocycles. The van der Waals surface area contributed by atoms with E-state index in [0.717, 1.165) is 0 Å². The van der Waals surface area contributed by atoms with Gasteiger partial charge in [-0.3, -0.25) is 0 Å². The second kappa shape index (κ2) is 4.17. The van der Waals surface area contributed by atoms with Crippen LogP contribution in [0.15, 0.2) is 35.5 Å². The summed E-state index contributed by atoms with van der Waals surface area (Å²) in [5.74, 6) is 0. The lowest BCUT2D eigenvalue weighted by molar-refractivity contribution is 0.916. The van der Waals surface area contributed by atoms with Gasteiger partial charge in [0.2, 0.25) is 0 Å². The Morgan fingerprint density at radius 1 is 1.45 bits per heavy atom. The van der Waals surface area contributed by atoms with Crippen LogP contribution in [0.5, 0.6) is 0 Å². The fourth-order valence-corrected chi connectivity index (χ4v) is 1.21. The monoisotopic (exact) mass is 148 g/mol. The molecule has 0 aromatic carbocycles. The lowest BCUT2D eigenvalue weighted by Crippen LogP contribution is -1.67. The molecule has 1 rings (SSSR count). The largest absolute Gasteiger partial charge is 0.0813 e. The Kier molecular flexibility index (Phi) is 3.15. The van der Waals surface area contributed by atoms with Gasteiger partial charge >= 0.3 is 0 Å². The molecular weight excluding hydrogens is 132 g/mol. The van der Waals surface area contributed by atoms with Crippen LogP contribution >= 0.6 is 0 Å². The van der Waals surface area contributed by atoms with Crippen molar-refractivity contribution < 1.29 is 0 Å². The Morgan fingerprint density at radius 2 is 2.27 bits per heavy atom. The maximum Gasteiger partial charge on any atom is -0.0279 e. The first-order valence-corrected chi connectivity index (χ1v) is 4.29. The molecule has 0 bridgehead atoms. The summed E-state index contributed by atoms with van der Waals surface area (Å²) in [5, 5.41) is 0. The molecule has 0 N–H and O–H groups in total. The van der Waals surface area contributed by atoms with Crippen LogP contribution in [-0.4, -0.2) is 0 Å². The zero-order chi connectivity index (χ0) is 8.10. The van der Waals surface area contributed by atoms with Crippen LogP contribution in [0, 0.1) is 0 Å². The molecule has 0 nitrogen and oxygen atoms in total. The highest BCUT2D eigenvalue weighted by Crippen LogP contribution is 2.18. The van der Waals surface area contributed by atoms with Crippen LogP contribution in [0.2, 0.25) is 0 Å². The van der Waals surface area contributed by atoms with E-state index in [1.54, 1.807) is 0 Å². The topological polar surface area (TPSA) is 0 Å². The molecule has 0 saturated carbocycles. The lowest BCUT2D eigenvalue weighted by Gasteiger charge is -1.88. The molecule has 0 saturated heterocycles. The first-order valence-electron chi connectivity index (χ1n) is 4.29. The highest BCUT2D eigenvalue weighted by Gasteiger charge is 1.98. The predicted molar refractivity (Wildman–Crippen MR) is 50.5 cm³/mol. The van der Waals surface area contributed by atoms with E-state index in [4.69, 9.17) is 0 Å². The van der Waals surface area contributed by atoms with Crippen LogP contribution in [0.25, 0.3) is 0 Å². The summed E-state index contributed by atoms with van der Waals surface area (Å²) in [6.45, 7) is 4.24. The molecule has 0 atom stereocenters. The van der Waals surface area contributed by atoms with Gasteiger partial charge in [-0.05, 0) is 33.1 Å². The Balaban J connectivity index is 2.41. The van der Waals surface area contributed by atoms with E-state index >= 15 is 0 Å². The number of hydrogen-bond acceptors (Lipinski definition) is 0. The molecule has 0 spiro atoms. The lowest BCUT2D eigenvalue weighted by atomic mass is 10.2. The number of allylic oxidation sites excluding steroid dienone is 6. The third-order valence-electron chi connectivity index (χ3n) is 1.82. The van der Waals surface area contributed by atoms with Gasteiger partial charge in [0.05, 0.1) is 0 Å². The van der Waals surface area contributed by atoms with E-state index < -0.39 is 0 Å². The maximum absolute atomic E-state index is 2.33. The van der Waals surface area contributed by atoms with Gasteiger partial charge in [0, 0.05) is 0 Å². The summed E-state index contributed by atoms with van der Waals surface area (Å²) >= 11 is 0. The molecule has 0 heteroatoms. The van der Waals surface area contributed by atoms with Crippen LogP contribution < -0.4 is 0 Å². The van der Waals surface area contributed by atoms with Crippen LogP contribution in [0.3, 0.4) is 0 Å². The van der Waals surface area contributed by atoms with E-state index in [1.807, 2.05) is 0 Å². The molecule has 1 aliphatic rings. The molecule has 11 heavy (non-hydrogen) atoms. The third-order valence-corrected chi connectivity index (χ3v) is 1.82. The standard InChI is InChI=1S/C11H16/c1-10(2)6-5-9-11-7-3-4-8-11/h5-7,9H,3-4,8H2,1-2H3/b9-5+. The van der Waals surface area contributed by atoms with Crippen molar-refractivity contribution in [2.24, 2.45) is 0 Å². The molecule has 0 fully saturated rings. The van der Waals surface area contributed by atoms with Gasteiger partial charge in [-0.25, -0.2) is 0 Å². The van der Waals surface area contributed by atoms with Crippen molar-refractivity contribution in [3.05, 3.63) is 35.5 Å². The van der Waals surface area contributed by atoms with Crippen molar-refractivity contribution in [1.29, 1.82) is 0 Å². The first-order chi connectivity index (χ1) is 5.29. The van der Waals surface area contributed by atoms with E-state index in [2.05, 4.69) is 38.2 Å². The van der Waals surface area contributed by atoms with Crippen molar-refractivity contribution in [2.75, 3.05) is 0 Å². The first kappa shape index (κ1) is 8.32. The Hall–Kier alpha value is -0.780. The second-order valence-electron chi connectivity index (χ2n) is 3.27. The number of hydrogen-bond donors (Lipinski definition) is 0. The van der Waals surface area contributed by atoms with E-state index in [0.29, 0.717) is 0 Å². The molecule has 0 heterocycles. The van der Waals surface area contributed by atoms with Crippen molar-refractivity contribution in [2.45, 2.75) is 33.1 Å². The Labute approximate surface area is 69.3 Å². The molecule has 0 unspecified atom stereocenters. The predicted octanol–water partition coefficient (Wildman–Crippen LogP) is 3.62. The van der Waals surface area contributed by atoms with Gasteiger partial charge in [0.25, 0.3) is 0 Å². The maximum atomic E-state index is 2.33. The average Bonchev–Trinajstić information content (AvgIpc) is 2.39. The summed E-state index contributed by atoms with van der Waals surface area (Å²) in [6, 6.07) is 0. The summed E-state index contributed by atoms with van der Waals surface area (Å²) in [5.41, 5.74) is 2.86. The molecule has 60 valence electrons. The molecule has 0 aromatic heterocycles. The van der Waals surface area contributed by atoms with Gasteiger partial charge in [0.15, 0.2) is 0 Å². The van der Waals surface area contributed by atoms with Gasteiger partial charge in [-0.1, -0.05) is 35.5 Å². The fourth-order valence-electron chi connectivity index (χ4n) is 1.21. The Morgan fingerprint density at radius 3 is 2.82 bits per heavy atom. The van der Waals surface area contributed by atoms with Gasteiger partial charge in [-0.2, -0.15) is 0 Å². The second-order valence-corrected chi connectivity index (χ2v) is 3.27. The minimum Gasteiger partial charge on any atom is -0.0813 e. The van der Waals surface area contributed by atoms with Gasteiger partial charge < -0.3 is 0 Å². The smallest absolute Gasteiger partial charge is 0.0279 e. The summed E-state index contributed by atoms with van der Waals surface area (Å²) < 4.78 is 0. The van der Waals surface area contributed by atoms with Gasteiger partial charge in [0.1, 0.15) is 0 Å². The number of rotatable bonds is 2. The van der Waals surface area contributed by atoms with E-state index in [9.17, 15) is 0 Å². The quantitative estimate of drug-likeness (QED) is 0.525. The minimum atomic E-state index is 1.27. The molecule has 0 radical (unpaired) electrons. The van der Waals surface area contributed by atoms with E-state index in [-0.39, 0.29) is 0 Å². The zero-order valence-corrected chi connectivity index (χ0v) is 7.43.